The van der Waals surface area contributed by atoms with Crippen LogP contribution in [0.1, 0.15) is 34.1 Å². The Morgan fingerprint density at radius 1 is 1.40 bits per heavy atom. The summed E-state index contributed by atoms with van der Waals surface area (Å²) in [6.07, 6.45) is 0.142. The van der Waals surface area contributed by atoms with E-state index >= 15 is 0 Å². The molecule has 15 heavy (non-hydrogen) atoms. The van der Waals surface area contributed by atoms with Crippen molar-refractivity contribution < 1.29 is 24.1 Å². The molecule has 86 valence electrons. The average molecular weight is 216 g/mol. The van der Waals surface area contributed by atoms with Crippen LogP contribution in [0.15, 0.2) is 0 Å². The number of ketones is 1. The van der Waals surface area contributed by atoms with Crippen molar-refractivity contribution in [2.24, 2.45) is 0 Å². The molecule has 0 aromatic heterocycles. The third-order valence-electron chi connectivity index (χ3n) is 3.09. The number of carbonyl (C=O) groups excluding carboxylic acids is 1. The highest BCUT2D eigenvalue weighted by molar-refractivity contribution is 5.83. The molecule has 0 radical (unpaired) electrons. The van der Waals surface area contributed by atoms with Gasteiger partial charge in [-0.3, -0.25) is 4.79 Å². The lowest BCUT2D eigenvalue weighted by Gasteiger charge is -2.26. The average Bonchev–Trinajstić information content (AvgIpc) is 2.29. The van der Waals surface area contributed by atoms with Crippen LogP contribution in [0.5, 0.6) is 0 Å². The number of fused-ring (bicyclic) bond motifs is 1. The van der Waals surface area contributed by atoms with Crippen LogP contribution in [0.3, 0.4) is 0 Å². The molecule has 0 aromatic carbocycles. The lowest BCUT2D eigenvalue weighted by molar-refractivity contribution is -0.260. The summed E-state index contributed by atoms with van der Waals surface area (Å²) in [6.45, 7) is 6.26. The maximum atomic E-state index is 11.3. The van der Waals surface area contributed by atoms with Gasteiger partial charge >= 0.3 is 0 Å². The fourth-order valence-corrected chi connectivity index (χ4v) is 2.19. The lowest BCUT2D eigenvalue weighted by atomic mass is 10.1. The van der Waals surface area contributed by atoms with Gasteiger partial charge in [0.25, 0.3) is 0 Å². The minimum absolute atomic E-state index is 0.156. The molecule has 2 fully saturated rings. The number of rotatable bonds is 1. The Bertz CT molecular complexity index is 295. The fourth-order valence-electron chi connectivity index (χ4n) is 2.19. The summed E-state index contributed by atoms with van der Waals surface area (Å²) in [5.74, 6) is -4.49. The van der Waals surface area contributed by atoms with Gasteiger partial charge in [-0.05, 0) is 20.8 Å². The topological polar surface area (TPSA) is 65.0 Å². The Morgan fingerprint density at radius 2 is 2.00 bits per heavy atom. The molecule has 0 aliphatic carbocycles. The van der Waals surface area contributed by atoms with Crippen molar-refractivity contribution in [2.45, 2.75) is 57.6 Å². The third-order valence-corrected chi connectivity index (χ3v) is 3.09. The van der Waals surface area contributed by atoms with Crippen LogP contribution in [0.25, 0.3) is 0 Å². The van der Waals surface area contributed by atoms with Crippen molar-refractivity contribution in [1.29, 1.82) is 0 Å². The Kier molecular flexibility index (Phi) is 2.05. The summed E-state index contributed by atoms with van der Waals surface area (Å²) in [7, 11) is 0. The van der Waals surface area contributed by atoms with E-state index < -0.39 is 17.4 Å². The summed E-state index contributed by atoms with van der Waals surface area (Å²) in [6, 6.07) is 0. The molecule has 2 aliphatic heterocycles. The second-order valence-corrected chi connectivity index (χ2v) is 4.57. The number of hydrogen-bond acceptors (Lipinski definition) is 5. The first-order valence-electron chi connectivity index (χ1n) is 5.02. The zero-order valence-corrected chi connectivity index (χ0v) is 9.36. The van der Waals surface area contributed by atoms with Gasteiger partial charge in [0.1, 0.15) is 0 Å². The van der Waals surface area contributed by atoms with E-state index in [0.717, 1.165) is 0 Å². The van der Waals surface area contributed by atoms with Gasteiger partial charge in [0.05, 0.1) is 6.10 Å². The molecule has 0 spiro atoms. The SMILES string of the molecule is CC(=O)[C@]1(C)O[C@]2(C)O[C@@H](C)C[C@@]2(O)O1. The monoisotopic (exact) mass is 216 g/mol. The molecule has 2 saturated heterocycles. The largest absolute Gasteiger partial charge is 0.361 e. The summed E-state index contributed by atoms with van der Waals surface area (Å²) in [4.78, 5) is 11.3. The van der Waals surface area contributed by atoms with Crippen LogP contribution in [-0.2, 0) is 19.0 Å². The van der Waals surface area contributed by atoms with E-state index in [1.807, 2.05) is 6.92 Å². The first-order chi connectivity index (χ1) is 6.71. The molecule has 5 heteroatoms. The van der Waals surface area contributed by atoms with Crippen molar-refractivity contribution in [3.05, 3.63) is 0 Å². The Balaban J connectivity index is 2.32. The smallest absolute Gasteiger partial charge is 0.231 e. The van der Waals surface area contributed by atoms with Gasteiger partial charge in [-0.1, -0.05) is 0 Å². The predicted octanol–water partition coefficient (Wildman–Crippen LogP) is 0.552. The van der Waals surface area contributed by atoms with E-state index in [4.69, 9.17) is 14.2 Å². The van der Waals surface area contributed by atoms with E-state index in [1.165, 1.54) is 13.8 Å². The minimum atomic E-state index is -1.53. The zero-order chi connectivity index (χ0) is 11.5. The van der Waals surface area contributed by atoms with Crippen LogP contribution < -0.4 is 0 Å². The van der Waals surface area contributed by atoms with Crippen LogP contribution in [0.4, 0.5) is 0 Å². The summed E-state index contributed by atoms with van der Waals surface area (Å²) in [5.41, 5.74) is 0. The molecule has 4 atom stereocenters. The summed E-state index contributed by atoms with van der Waals surface area (Å²) in [5, 5.41) is 10.2. The molecule has 2 heterocycles. The summed E-state index contributed by atoms with van der Waals surface area (Å²) >= 11 is 0. The van der Waals surface area contributed by atoms with E-state index in [-0.39, 0.29) is 11.9 Å². The minimum Gasteiger partial charge on any atom is -0.361 e. The van der Waals surface area contributed by atoms with E-state index in [0.29, 0.717) is 6.42 Å². The zero-order valence-electron chi connectivity index (χ0n) is 9.36. The number of Topliss-reactive ketones (excluding diaryl/α,β-unsaturated/α-hetero) is 1. The molecular weight excluding hydrogens is 200 g/mol. The number of hydrogen-bond donors (Lipinski definition) is 1. The van der Waals surface area contributed by atoms with Gasteiger partial charge in [0.15, 0.2) is 5.78 Å². The van der Waals surface area contributed by atoms with Crippen molar-refractivity contribution in [1.82, 2.24) is 0 Å². The molecule has 5 nitrogen and oxygen atoms in total. The quantitative estimate of drug-likeness (QED) is 0.693. The Labute approximate surface area is 88.3 Å². The standard InChI is InChI=1S/C10H16O5/c1-6-5-10(12)9(4,13-6)14-8(3,15-10)7(2)11/h6,12H,5H2,1-4H3/t6-,8+,9-,10+/m0/s1. The van der Waals surface area contributed by atoms with Crippen LogP contribution in [0.2, 0.25) is 0 Å². The fraction of sp³-hybridized carbons (Fsp3) is 0.900. The molecule has 2 rings (SSSR count). The van der Waals surface area contributed by atoms with Crippen molar-refractivity contribution in [3.63, 3.8) is 0 Å². The Hall–Kier alpha value is -0.490. The highest BCUT2D eigenvalue weighted by Gasteiger charge is 2.69. The number of aliphatic hydroxyl groups is 1. The number of ether oxygens (including phenoxy) is 3. The van der Waals surface area contributed by atoms with Crippen LogP contribution in [0, 0.1) is 0 Å². The normalized spacial score (nSPS) is 54.3. The van der Waals surface area contributed by atoms with Gasteiger partial charge in [-0.2, -0.15) is 0 Å². The van der Waals surface area contributed by atoms with Crippen molar-refractivity contribution in [3.8, 4) is 0 Å². The van der Waals surface area contributed by atoms with Crippen molar-refractivity contribution in [2.75, 3.05) is 0 Å². The van der Waals surface area contributed by atoms with Gasteiger partial charge in [-0.25, -0.2) is 0 Å². The van der Waals surface area contributed by atoms with Crippen LogP contribution in [-0.4, -0.2) is 34.4 Å². The first-order valence-corrected chi connectivity index (χ1v) is 5.02. The molecule has 0 aromatic rings. The molecule has 1 N–H and O–H groups in total. The van der Waals surface area contributed by atoms with Gasteiger partial charge in [0, 0.05) is 13.3 Å². The second kappa shape index (κ2) is 2.79. The second-order valence-electron chi connectivity index (χ2n) is 4.57. The van der Waals surface area contributed by atoms with E-state index in [2.05, 4.69) is 0 Å². The Morgan fingerprint density at radius 3 is 2.47 bits per heavy atom. The predicted molar refractivity (Wildman–Crippen MR) is 49.8 cm³/mol. The maximum absolute atomic E-state index is 11.3. The van der Waals surface area contributed by atoms with Gasteiger partial charge in [-0.15, -0.1) is 0 Å². The third kappa shape index (κ3) is 1.34. The maximum Gasteiger partial charge on any atom is 0.231 e. The number of carbonyl (C=O) groups is 1. The molecular formula is C10H16O5. The van der Waals surface area contributed by atoms with Gasteiger partial charge in [0.2, 0.25) is 17.4 Å². The highest BCUT2D eigenvalue weighted by atomic mass is 16.9. The summed E-state index contributed by atoms with van der Waals surface area (Å²) < 4.78 is 16.3. The van der Waals surface area contributed by atoms with E-state index in [1.54, 1.807) is 6.92 Å². The van der Waals surface area contributed by atoms with Gasteiger partial charge < -0.3 is 19.3 Å². The molecule has 0 bridgehead atoms. The molecule has 0 unspecified atom stereocenters. The lowest BCUT2D eigenvalue weighted by Crippen LogP contribution is -2.45. The van der Waals surface area contributed by atoms with E-state index in [9.17, 15) is 9.90 Å². The molecule has 0 saturated carbocycles. The van der Waals surface area contributed by atoms with Crippen LogP contribution >= 0.6 is 0 Å². The highest BCUT2D eigenvalue weighted by Crippen LogP contribution is 2.51. The van der Waals surface area contributed by atoms with Crippen molar-refractivity contribution >= 4 is 5.78 Å². The molecule has 2 aliphatic rings. The molecule has 0 amide bonds. The first kappa shape index (κ1) is 11.0.